The zero-order valence-electron chi connectivity index (χ0n) is 14.7. The van der Waals surface area contributed by atoms with Gasteiger partial charge in [0.25, 0.3) is 5.69 Å². The highest BCUT2D eigenvalue weighted by molar-refractivity contribution is 6.02. The van der Waals surface area contributed by atoms with Gasteiger partial charge in [0.05, 0.1) is 25.2 Å². The molecule has 0 amide bonds. The topological polar surface area (TPSA) is 105 Å². The molecular weight excluding hydrogens is 361 g/mol. The lowest BCUT2D eigenvalue weighted by Crippen LogP contribution is -2.25. The SMILES string of the molecule is COc1cc(C(=O)O[C@@H](C)C(=O)c2ccc(F)cc2)c([N+](=O)[O-])cc1OC. The van der Waals surface area contributed by atoms with Crippen LogP contribution in [0.25, 0.3) is 0 Å². The Morgan fingerprint density at radius 1 is 1.07 bits per heavy atom. The van der Waals surface area contributed by atoms with Crippen LogP contribution in [0.15, 0.2) is 36.4 Å². The number of carbonyl (C=O) groups is 2. The second kappa shape index (κ2) is 8.26. The van der Waals surface area contributed by atoms with Gasteiger partial charge >= 0.3 is 5.97 Å². The number of hydrogen-bond donors (Lipinski definition) is 0. The predicted molar refractivity (Wildman–Crippen MR) is 91.8 cm³/mol. The molecule has 27 heavy (non-hydrogen) atoms. The van der Waals surface area contributed by atoms with Crippen LogP contribution in [-0.4, -0.2) is 37.0 Å². The Labute approximate surface area is 153 Å². The molecule has 0 radical (unpaired) electrons. The molecule has 1 atom stereocenters. The number of halogens is 1. The van der Waals surface area contributed by atoms with Crippen molar-refractivity contribution in [3.63, 3.8) is 0 Å². The number of benzene rings is 2. The third-order valence-corrected chi connectivity index (χ3v) is 3.70. The fraction of sp³-hybridized carbons (Fsp3) is 0.222. The van der Waals surface area contributed by atoms with Crippen molar-refractivity contribution in [2.75, 3.05) is 14.2 Å². The minimum absolute atomic E-state index is 0.0659. The van der Waals surface area contributed by atoms with Gasteiger partial charge in [0, 0.05) is 11.6 Å². The maximum Gasteiger partial charge on any atom is 0.346 e. The predicted octanol–water partition coefficient (Wildman–Crippen LogP) is 3.18. The minimum atomic E-state index is -1.24. The lowest BCUT2D eigenvalue weighted by Gasteiger charge is -2.14. The molecule has 2 rings (SSSR count). The maximum absolute atomic E-state index is 13.0. The van der Waals surface area contributed by atoms with E-state index < -0.39 is 39.8 Å². The Bertz CT molecular complexity index is 880. The summed E-state index contributed by atoms with van der Waals surface area (Å²) >= 11 is 0. The number of esters is 1. The molecule has 0 aliphatic carbocycles. The summed E-state index contributed by atoms with van der Waals surface area (Å²) < 4.78 is 28.0. The first-order valence-electron chi connectivity index (χ1n) is 7.69. The number of ketones is 1. The van der Waals surface area contributed by atoms with Crippen molar-refractivity contribution in [1.29, 1.82) is 0 Å². The molecule has 2 aromatic carbocycles. The number of nitrogens with zero attached hydrogens (tertiary/aromatic N) is 1. The van der Waals surface area contributed by atoms with E-state index in [9.17, 15) is 24.1 Å². The lowest BCUT2D eigenvalue weighted by atomic mass is 10.1. The molecule has 0 heterocycles. The van der Waals surface area contributed by atoms with Crippen molar-refractivity contribution in [1.82, 2.24) is 0 Å². The van der Waals surface area contributed by atoms with Gasteiger partial charge in [0.2, 0.25) is 5.78 Å². The molecule has 2 aromatic rings. The number of methoxy groups -OCH3 is 2. The van der Waals surface area contributed by atoms with Gasteiger partial charge in [-0.2, -0.15) is 0 Å². The molecule has 0 unspecified atom stereocenters. The summed E-state index contributed by atoms with van der Waals surface area (Å²) in [5, 5.41) is 11.3. The fourth-order valence-corrected chi connectivity index (χ4v) is 2.31. The van der Waals surface area contributed by atoms with E-state index in [1.54, 1.807) is 0 Å². The molecule has 142 valence electrons. The van der Waals surface area contributed by atoms with Gasteiger partial charge in [-0.25, -0.2) is 9.18 Å². The highest BCUT2D eigenvalue weighted by Crippen LogP contribution is 2.35. The van der Waals surface area contributed by atoms with Gasteiger partial charge in [0.1, 0.15) is 11.4 Å². The highest BCUT2D eigenvalue weighted by atomic mass is 19.1. The van der Waals surface area contributed by atoms with E-state index in [4.69, 9.17) is 14.2 Å². The minimum Gasteiger partial charge on any atom is -0.493 e. The summed E-state index contributed by atoms with van der Waals surface area (Å²) in [6.07, 6.45) is -1.24. The molecule has 0 N–H and O–H groups in total. The van der Waals surface area contributed by atoms with E-state index in [1.807, 2.05) is 0 Å². The maximum atomic E-state index is 13.0. The van der Waals surface area contributed by atoms with E-state index >= 15 is 0 Å². The van der Waals surface area contributed by atoms with Crippen molar-refractivity contribution in [2.45, 2.75) is 13.0 Å². The van der Waals surface area contributed by atoms with Crippen LogP contribution in [0.3, 0.4) is 0 Å². The van der Waals surface area contributed by atoms with Gasteiger partial charge in [0.15, 0.2) is 17.6 Å². The molecule has 9 heteroatoms. The van der Waals surface area contributed by atoms with Crippen molar-refractivity contribution in [3.8, 4) is 11.5 Å². The number of hydrogen-bond acceptors (Lipinski definition) is 7. The zero-order valence-corrected chi connectivity index (χ0v) is 14.7. The van der Waals surface area contributed by atoms with E-state index in [0.717, 1.165) is 24.3 Å². The molecule has 0 saturated carbocycles. The van der Waals surface area contributed by atoms with Crippen molar-refractivity contribution < 1.29 is 33.1 Å². The van der Waals surface area contributed by atoms with Gasteiger partial charge in [-0.15, -0.1) is 0 Å². The Balaban J connectivity index is 2.29. The molecule has 0 spiro atoms. The van der Waals surface area contributed by atoms with E-state index in [-0.39, 0.29) is 17.1 Å². The van der Waals surface area contributed by atoms with Gasteiger partial charge < -0.3 is 14.2 Å². The molecule has 0 aromatic heterocycles. The number of nitro groups is 1. The monoisotopic (exact) mass is 377 g/mol. The van der Waals surface area contributed by atoms with Crippen LogP contribution in [0.5, 0.6) is 11.5 Å². The molecule has 8 nitrogen and oxygen atoms in total. The third-order valence-electron chi connectivity index (χ3n) is 3.70. The quantitative estimate of drug-likeness (QED) is 0.316. The molecule has 0 saturated heterocycles. The Kier molecular flexibility index (Phi) is 6.07. The Morgan fingerprint density at radius 2 is 1.63 bits per heavy atom. The van der Waals surface area contributed by atoms with Crippen LogP contribution >= 0.6 is 0 Å². The third kappa shape index (κ3) is 4.38. The van der Waals surface area contributed by atoms with Crippen LogP contribution in [0.1, 0.15) is 27.6 Å². The average Bonchev–Trinajstić information content (AvgIpc) is 2.66. The normalized spacial score (nSPS) is 11.4. The second-order valence-electron chi connectivity index (χ2n) is 5.40. The first-order valence-corrected chi connectivity index (χ1v) is 7.69. The summed E-state index contributed by atoms with van der Waals surface area (Å²) in [4.78, 5) is 35.2. The number of ether oxygens (including phenoxy) is 3. The molecular formula is C18H16FNO7. The zero-order chi connectivity index (χ0) is 20.1. The number of Topliss-reactive ketones (excluding diaryl/α,β-unsaturated/α-hetero) is 1. The van der Waals surface area contributed by atoms with Gasteiger partial charge in [-0.1, -0.05) is 0 Å². The summed E-state index contributed by atoms with van der Waals surface area (Å²) in [5.41, 5.74) is -0.811. The fourth-order valence-electron chi connectivity index (χ4n) is 2.31. The van der Waals surface area contributed by atoms with Crippen LogP contribution in [-0.2, 0) is 4.74 Å². The van der Waals surface area contributed by atoms with Crippen LogP contribution in [0.4, 0.5) is 10.1 Å². The Hall–Kier alpha value is -3.49. The summed E-state index contributed by atoms with van der Waals surface area (Å²) in [5.74, 6) is -2.02. The van der Waals surface area contributed by atoms with Crippen LogP contribution < -0.4 is 9.47 Å². The molecule has 0 bridgehead atoms. The number of rotatable bonds is 7. The lowest BCUT2D eigenvalue weighted by molar-refractivity contribution is -0.385. The summed E-state index contributed by atoms with van der Waals surface area (Å²) in [7, 11) is 2.60. The Morgan fingerprint density at radius 3 is 2.15 bits per heavy atom. The van der Waals surface area contributed by atoms with Gasteiger partial charge in [-0.05, 0) is 31.2 Å². The molecule has 0 fully saturated rings. The van der Waals surface area contributed by atoms with Crippen molar-refractivity contribution >= 4 is 17.4 Å². The summed E-state index contributed by atoms with van der Waals surface area (Å²) in [6, 6.07) is 6.83. The van der Waals surface area contributed by atoms with Crippen LogP contribution in [0, 0.1) is 15.9 Å². The van der Waals surface area contributed by atoms with Gasteiger partial charge in [-0.3, -0.25) is 14.9 Å². The second-order valence-corrected chi connectivity index (χ2v) is 5.40. The summed E-state index contributed by atoms with van der Waals surface area (Å²) in [6.45, 7) is 1.32. The van der Waals surface area contributed by atoms with Crippen molar-refractivity contribution in [2.24, 2.45) is 0 Å². The van der Waals surface area contributed by atoms with Crippen molar-refractivity contribution in [3.05, 3.63) is 63.5 Å². The molecule has 0 aliphatic heterocycles. The number of carbonyl (C=O) groups excluding carboxylic acids is 2. The first-order chi connectivity index (χ1) is 12.8. The van der Waals surface area contributed by atoms with E-state index in [1.165, 1.54) is 33.3 Å². The van der Waals surface area contributed by atoms with E-state index in [0.29, 0.717) is 0 Å². The average molecular weight is 377 g/mol. The van der Waals surface area contributed by atoms with Crippen LogP contribution in [0.2, 0.25) is 0 Å². The smallest absolute Gasteiger partial charge is 0.346 e. The van der Waals surface area contributed by atoms with E-state index in [2.05, 4.69) is 0 Å². The highest BCUT2D eigenvalue weighted by Gasteiger charge is 2.28. The number of nitro benzene ring substituents is 1. The largest absolute Gasteiger partial charge is 0.493 e. The molecule has 0 aliphatic rings. The standard InChI is InChI=1S/C18H16FNO7/c1-10(17(21)11-4-6-12(19)7-5-11)27-18(22)13-8-15(25-2)16(26-3)9-14(13)20(23)24/h4-10H,1-3H3/t10-/m0/s1. The first kappa shape index (κ1) is 19.8.